The number of aliphatic hydroxyl groups excluding tert-OH is 4. The van der Waals surface area contributed by atoms with Crippen molar-refractivity contribution in [3.05, 3.63) is 29.6 Å². The molecular weight excluding hydrogens is 318 g/mol. The van der Waals surface area contributed by atoms with Gasteiger partial charge in [0.1, 0.15) is 24.4 Å². The Kier molecular flexibility index (Phi) is 7.46. The van der Waals surface area contributed by atoms with Crippen LogP contribution in [0, 0.1) is 0 Å². The summed E-state index contributed by atoms with van der Waals surface area (Å²) in [6.07, 6.45) is -6.28. The topological polar surface area (TPSA) is 150 Å². The number of ether oxygens (including phenoxy) is 2. The van der Waals surface area contributed by atoms with E-state index < -0.39 is 37.3 Å². The number of nitrogens with two attached hydrogens (primary N) is 1. The highest BCUT2D eigenvalue weighted by Gasteiger charge is 2.43. The smallest absolute Gasteiger partial charge is 0.186 e. The summed E-state index contributed by atoms with van der Waals surface area (Å²) in [7, 11) is 0. The van der Waals surface area contributed by atoms with Gasteiger partial charge in [0.2, 0.25) is 0 Å². The van der Waals surface area contributed by atoms with E-state index in [0.717, 1.165) is 11.4 Å². The molecule has 1 fully saturated rings. The van der Waals surface area contributed by atoms with Crippen molar-refractivity contribution in [3.8, 4) is 0 Å². The fourth-order valence-corrected chi connectivity index (χ4v) is 2.41. The van der Waals surface area contributed by atoms with Crippen LogP contribution in [0.4, 0.5) is 0 Å². The summed E-state index contributed by atoms with van der Waals surface area (Å²) < 4.78 is 10.6. The molecule has 0 saturated carbocycles. The van der Waals surface area contributed by atoms with Crippen LogP contribution in [-0.2, 0) is 22.6 Å². The molecule has 7 N–H and O–H groups in total. The number of pyridine rings is 1. The Morgan fingerprint density at radius 3 is 2.62 bits per heavy atom. The highest BCUT2D eigenvalue weighted by Crippen LogP contribution is 2.21. The van der Waals surface area contributed by atoms with Crippen molar-refractivity contribution in [2.75, 3.05) is 19.8 Å². The fraction of sp³-hybridized carbons (Fsp3) is 0.667. The minimum atomic E-state index is -1.43. The monoisotopic (exact) mass is 343 g/mol. The summed E-state index contributed by atoms with van der Waals surface area (Å²) in [5.74, 6) is 0. The van der Waals surface area contributed by atoms with Crippen molar-refractivity contribution in [1.82, 2.24) is 10.3 Å². The summed E-state index contributed by atoms with van der Waals surface area (Å²) >= 11 is 0. The van der Waals surface area contributed by atoms with Crippen LogP contribution in [-0.4, -0.2) is 75.9 Å². The Bertz CT molecular complexity index is 504. The van der Waals surface area contributed by atoms with Gasteiger partial charge in [0.25, 0.3) is 0 Å². The molecule has 5 atom stereocenters. The predicted molar refractivity (Wildman–Crippen MR) is 83.6 cm³/mol. The van der Waals surface area contributed by atoms with Crippen LogP contribution < -0.4 is 11.1 Å². The fourth-order valence-electron chi connectivity index (χ4n) is 2.41. The third-order valence-corrected chi connectivity index (χ3v) is 3.79. The zero-order valence-electron chi connectivity index (χ0n) is 13.3. The van der Waals surface area contributed by atoms with Crippen LogP contribution >= 0.6 is 0 Å². The lowest BCUT2D eigenvalue weighted by atomic mass is 9.99. The zero-order chi connectivity index (χ0) is 17.5. The molecule has 0 radical (unpaired) electrons. The number of nitrogens with one attached hydrogen (secondary N) is 1. The zero-order valence-corrected chi connectivity index (χ0v) is 13.3. The molecule has 0 aromatic carbocycles. The van der Waals surface area contributed by atoms with Gasteiger partial charge >= 0.3 is 0 Å². The lowest BCUT2D eigenvalue weighted by Crippen LogP contribution is -2.59. The van der Waals surface area contributed by atoms with Gasteiger partial charge in [-0.1, -0.05) is 6.07 Å². The van der Waals surface area contributed by atoms with Gasteiger partial charge in [0.05, 0.1) is 24.6 Å². The lowest BCUT2D eigenvalue weighted by Gasteiger charge is -2.39. The van der Waals surface area contributed by atoms with E-state index in [-0.39, 0.29) is 6.61 Å². The van der Waals surface area contributed by atoms with Gasteiger partial charge in [-0.15, -0.1) is 0 Å². The Morgan fingerprint density at radius 1 is 1.17 bits per heavy atom. The normalized spacial score (nSPS) is 30.5. The Morgan fingerprint density at radius 2 is 1.92 bits per heavy atom. The summed E-state index contributed by atoms with van der Waals surface area (Å²) in [6.45, 7) is 1.11. The standard InChI is InChI=1S/C15H25N3O6/c16-6-9-2-1-3-10(18-9)7-17-4-5-23-15-14(22)13(21)12(20)11(8-19)24-15/h1-3,11-15,17,19-22H,4-8,16H2/t11-,12+,13+,14-,15+/m1/s1. The summed E-state index contributed by atoms with van der Waals surface area (Å²) in [5, 5.41) is 41.4. The van der Waals surface area contributed by atoms with E-state index in [0.29, 0.717) is 19.6 Å². The van der Waals surface area contributed by atoms with E-state index in [1.54, 1.807) is 0 Å². The molecule has 1 aliphatic heterocycles. The van der Waals surface area contributed by atoms with Crippen LogP contribution in [0.5, 0.6) is 0 Å². The minimum Gasteiger partial charge on any atom is -0.394 e. The molecule has 0 spiro atoms. The SMILES string of the molecule is NCc1cccc(CNCCO[C@H]2O[C@H](CO)[C@H](O)[C@H](O)[C@H]2O)n1. The Labute approximate surface area is 140 Å². The van der Waals surface area contributed by atoms with Crippen molar-refractivity contribution in [2.45, 2.75) is 43.8 Å². The van der Waals surface area contributed by atoms with Gasteiger partial charge in [-0.3, -0.25) is 4.98 Å². The molecule has 9 nitrogen and oxygen atoms in total. The first-order valence-electron chi connectivity index (χ1n) is 7.84. The third kappa shape index (κ3) is 4.91. The van der Waals surface area contributed by atoms with Gasteiger partial charge in [-0.25, -0.2) is 0 Å². The van der Waals surface area contributed by atoms with E-state index in [1.807, 2.05) is 18.2 Å². The first-order valence-corrected chi connectivity index (χ1v) is 7.84. The van der Waals surface area contributed by atoms with Gasteiger partial charge in [0.15, 0.2) is 6.29 Å². The number of aliphatic hydroxyl groups is 4. The number of nitrogens with zero attached hydrogens (tertiary/aromatic N) is 1. The van der Waals surface area contributed by atoms with Gasteiger partial charge in [-0.2, -0.15) is 0 Å². The van der Waals surface area contributed by atoms with Crippen molar-refractivity contribution in [2.24, 2.45) is 5.73 Å². The van der Waals surface area contributed by atoms with Crippen LogP contribution in [0.25, 0.3) is 0 Å². The summed E-state index contributed by atoms with van der Waals surface area (Å²) in [5.41, 5.74) is 7.20. The molecule has 2 rings (SSSR count). The number of rotatable bonds is 8. The van der Waals surface area contributed by atoms with Gasteiger partial charge in [0, 0.05) is 19.6 Å². The van der Waals surface area contributed by atoms with Crippen LogP contribution in [0.15, 0.2) is 18.2 Å². The van der Waals surface area contributed by atoms with Crippen LogP contribution in [0.2, 0.25) is 0 Å². The maximum atomic E-state index is 9.83. The molecule has 1 aromatic heterocycles. The van der Waals surface area contributed by atoms with E-state index in [4.69, 9.17) is 20.3 Å². The first-order chi connectivity index (χ1) is 11.6. The van der Waals surface area contributed by atoms with E-state index in [9.17, 15) is 15.3 Å². The number of hydrogen-bond acceptors (Lipinski definition) is 9. The summed E-state index contributed by atoms with van der Waals surface area (Å²) in [6, 6.07) is 5.62. The number of aromatic nitrogens is 1. The highest BCUT2D eigenvalue weighted by atomic mass is 16.7. The minimum absolute atomic E-state index is 0.208. The molecule has 2 heterocycles. The highest BCUT2D eigenvalue weighted by molar-refractivity contribution is 5.10. The molecule has 1 aromatic rings. The maximum absolute atomic E-state index is 9.83. The van der Waals surface area contributed by atoms with Crippen molar-refractivity contribution >= 4 is 0 Å². The molecule has 0 bridgehead atoms. The average Bonchev–Trinajstić information content (AvgIpc) is 2.61. The van der Waals surface area contributed by atoms with Gasteiger partial charge < -0.3 is 41.0 Å². The van der Waals surface area contributed by atoms with Crippen LogP contribution in [0.1, 0.15) is 11.4 Å². The molecule has 136 valence electrons. The van der Waals surface area contributed by atoms with Crippen molar-refractivity contribution in [1.29, 1.82) is 0 Å². The predicted octanol–water partition coefficient (Wildman–Crippen LogP) is -2.55. The van der Waals surface area contributed by atoms with E-state index >= 15 is 0 Å². The molecule has 24 heavy (non-hydrogen) atoms. The molecule has 1 aliphatic rings. The second kappa shape index (κ2) is 9.35. The largest absolute Gasteiger partial charge is 0.394 e. The van der Waals surface area contributed by atoms with E-state index in [1.165, 1.54) is 0 Å². The molecular formula is C15H25N3O6. The Balaban J connectivity index is 1.71. The molecule has 0 aliphatic carbocycles. The molecule has 0 amide bonds. The maximum Gasteiger partial charge on any atom is 0.186 e. The van der Waals surface area contributed by atoms with Gasteiger partial charge in [-0.05, 0) is 12.1 Å². The molecule has 1 saturated heterocycles. The second-order valence-corrected chi connectivity index (χ2v) is 5.57. The first kappa shape index (κ1) is 19.2. The van der Waals surface area contributed by atoms with Crippen molar-refractivity contribution in [3.63, 3.8) is 0 Å². The summed E-state index contributed by atoms with van der Waals surface area (Å²) in [4.78, 5) is 4.35. The number of hydrogen-bond donors (Lipinski definition) is 6. The average molecular weight is 343 g/mol. The quantitative estimate of drug-likeness (QED) is 0.280. The Hall–Kier alpha value is -1.17. The van der Waals surface area contributed by atoms with E-state index in [2.05, 4.69) is 10.3 Å². The van der Waals surface area contributed by atoms with Crippen LogP contribution in [0.3, 0.4) is 0 Å². The lowest BCUT2D eigenvalue weighted by molar-refractivity contribution is -0.300. The molecule has 9 heteroatoms. The third-order valence-electron chi connectivity index (χ3n) is 3.79. The molecule has 0 unspecified atom stereocenters. The van der Waals surface area contributed by atoms with Crippen molar-refractivity contribution < 1.29 is 29.9 Å². The second-order valence-electron chi connectivity index (χ2n) is 5.57.